The van der Waals surface area contributed by atoms with Gasteiger partial charge in [0.05, 0.1) is 22.8 Å². The summed E-state index contributed by atoms with van der Waals surface area (Å²) in [4.78, 5) is 13.1. The number of hydrogen-bond acceptors (Lipinski definition) is 3. The van der Waals surface area contributed by atoms with Crippen molar-refractivity contribution in [3.05, 3.63) is 95.1 Å². The summed E-state index contributed by atoms with van der Waals surface area (Å²) in [5.74, 6) is 0. The number of thiophene rings is 1. The van der Waals surface area contributed by atoms with Crippen molar-refractivity contribution in [2.45, 2.75) is 6.92 Å². The van der Waals surface area contributed by atoms with E-state index in [0.717, 1.165) is 39.4 Å². The summed E-state index contributed by atoms with van der Waals surface area (Å²) in [6, 6.07) is 23.5. The molecular weight excluding hydrogens is 398 g/mol. The van der Waals surface area contributed by atoms with E-state index in [1.807, 2.05) is 0 Å². The van der Waals surface area contributed by atoms with E-state index in [2.05, 4.69) is 103 Å². The molecule has 0 atom stereocenters. The maximum atomic E-state index is 4.96. The molecule has 0 saturated heterocycles. The molecule has 6 rings (SSSR count). The van der Waals surface area contributed by atoms with Crippen LogP contribution in [0.4, 0.5) is 0 Å². The fourth-order valence-electron chi connectivity index (χ4n) is 3.92. The molecule has 0 unspecified atom stereocenters. The van der Waals surface area contributed by atoms with Crippen LogP contribution in [0.2, 0.25) is 0 Å². The predicted molar refractivity (Wildman–Crippen MR) is 133 cm³/mol. The highest BCUT2D eigenvalue weighted by Crippen LogP contribution is 2.34. The number of aryl methyl sites for hydroxylation is 1. The van der Waals surface area contributed by atoms with Crippen molar-refractivity contribution in [1.82, 2.24) is 15.0 Å². The number of nitrogens with zero attached hydrogens (tertiary/aromatic N) is 2. The SMILES string of the molecule is Cc1ccc(-c2c3nc(cc4ccc(cc5nc(cc6ccc2s6)C=C5)[nH]4)C=C3)cc1. The average molecular weight is 418 g/mol. The smallest absolute Gasteiger partial charge is 0.0730 e. The first-order valence-electron chi connectivity index (χ1n) is 10.2. The van der Waals surface area contributed by atoms with Crippen LogP contribution in [0, 0.1) is 6.92 Å². The van der Waals surface area contributed by atoms with Gasteiger partial charge in [-0.05, 0) is 79.3 Å². The van der Waals surface area contributed by atoms with Gasteiger partial charge in [0.15, 0.2) is 0 Å². The molecule has 0 fully saturated rings. The Bertz CT molecular complexity index is 1530. The molecule has 0 saturated carbocycles. The zero-order chi connectivity index (χ0) is 20.8. The van der Waals surface area contributed by atoms with Gasteiger partial charge in [0, 0.05) is 26.0 Å². The Morgan fingerprint density at radius 3 is 2.13 bits per heavy atom. The van der Waals surface area contributed by atoms with Crippen molar-refractivity contribution in [1.29, 1.82) is 0 Å². The lowest BCUT2D eigenvalue weighted by molar-refractivity contribution is 1.32. The molecule has 3 aromatic heterocycles. The fraction of sp³-hybridized carbons (Fsp3) is 0.0370. The van der Waals surface area contributed by atoms with Crippen LogP contribution in [0.25, 0.3) is 55.9 Å². The van der Waals surface area contributed by atoms with Crippen molar-refractivity contribution in [3.63, 3.8) is 0 Å². The van der Waals surface area contributed by atoms with Crippen LogP contribution >= 0.6 is 11.3 Å². The van der Waals surface area contributed by atoms with E-state index in [9.17, 15) is 0 Å². The van der Waals surface area contributed by atoms with Gasteiger partial charge in [-0.1, -0.05) is 29.8 Å². The Hall–Kier alpha value is -3.76. The topological polar surface area (TPSA) is 41.6 Å². The molecule has 8 bridgehead atoms. The molecule has 1 N–H and O–H groups in total. The molecule has 1 aromatic carbocycles. The van der Waals surface area contributed by atoms with E-state index in [1.54, 1.807) is 11.3 Å². The van der Waals surface area contributed by atoms with Gasteiger partial charge in [0.25, 0.3) is 0 Å². The maximum absolute atomic E-state index is 4.96. The second kappa shape index (κ2) is 7.18. The molecule has 4 aromatic rings. The van der Waals surface area contributed by atoms with Gasteiger partial charge in [0.1, 0.15) is 0 Å². The standard InChI is InChI=1S/C27H19N3S/c1-17-2-4-18(5-3-17)27-25-12-10-22(30-25)15-21-7-6-19(28-21)14-20-8-9-23(29-20)16-24-11-13-26(27)31-24/h2-16,28H,1H3. The molecule has 3 nitrogen and oxygen atoms in total. The average Bonchev–Trinajstić information content (AvgIpc) is 3.55. The molecule has 2 aliphatic rings. The van der Waals surface area contributed by atoms with Gasteiger partial charge in [-0.25, -0.2) is 9.97 Å². The van der Waals surface area contributed by atoms with Gasteiger partial charge >= 0.3 is 0 Å². The summed E-state index contributed by atoms with van der Waals surface area (Å²) >= 11 is 1.77. The summed E-state index contributed by atoms with van der Waals surface area (Å²) in [5, 5.41) is 0. The highest BCUT2D eigenvalue weighted by atomic mass is 32.1. The molecule has 0 aliphatic carbocycles. The lowest BCUT2D eigenvalue weighted by atomic mass is 10.0. The van der Waals surface area contributed by atoms with Crippen LogP contribution < -0.4 is 0 Å². The van der Waals surface area contributed by atoms with E-state index in [0.29, 0.717) is 0 Å². The minimum absolute atomic E-state index is 0.942. The molecule has 5 heterocycles. The Morgan fingerprint density at radius 1 is 0.677 bits per heavy atom. The van der Waals surface area contributed by atoms with Crippen LogP contribution in [0.5, 0.6) is 0 Å². The van der Waals surface area contributed by atoms with Crippen molar-refractivity contribution in [3.8, 4) is 11.1 Å². The third-order valence-corrected chi connectivity index (χ3v) is 6.49. The van der Waals surface area contributed by atoms with E-state index in [4.69, 9.17) is 9.97 Å². The Labute approximate surface area is 184 Å². The van der Waals surface area contributed by atoms with E-state index >= 15 is 0 Å². The Kier molecular flexibility index (Phi) is 4.18. The van der Waals surface area contributed by atoms with Gasteiger partial charge in [-0.15, -0.1) is 11.3 Å². The molecule has 148 valence electrons. The summed E-state index contributed by atoms with van der Waals surface area (Å²) in [6.45, 7) is 2.11. The highest BCUT2D eigenvalue weighted by Gasteiger charge is 2.11. The summed E-state index contributed by atoms with van der Waals surface area (Å²) in [6.07, 6.45) is 8.31. The molecule has 2 aliphatic heterocycles. The number of aromatic amines is 1. The largest absolute Gasteiger partial charge is 0.355 e. The number of fused-ring (bicyclic) bond motifs is 8. The van der Waals surface area contributed by atoms with E-state index in [-0.39, 0.29) is 0 Å². The van der Waals surface area contributed by atoms with Gasteiger partial charge in [0.2, 0.25) is 0 Å². The van der Waals surface area contributed by atoms with Crippen LogP contribution in [0.1, 0.15) is 28.3 Å². The lowest BCUT2D eigenvalue weighted by Crippen LogP contribution is -1.84. The van der Waals surface area contributed by atoms with Gasteiger partial charge < -0.3 is 4.98 Å². The van der Waals surface area contributed by atoms with Crippen LogP contribution in [0.15, 0.2) is 66.7 Å². The number of H-pyrrole nitrogens is 1. The quantitative estimate of drug-likeness (QED) is 0.303. The molecule has 0 spiro atoms. The van der Waals surface area contributed by atoms with Crippen LogP contribution in [-0.2, 0) is 0 Å². The van der Waals surface area contributed by atoms with Gasteiger partial charge in [-0.3, -0.25) is 0 Å². The normalized spacial score (nSPS) is 12.4. The second-order valence-electron chi connectivity index (χ2n) is 7.80. The zero-order valence-corrected chi connectivity index (χ0v) is 17.8. The lowest BCUT2D eigenvalue weighted by Gasteiger charge is -2.04. The van der Waals surface area contributed by atoms with Crippen LogP contribution in [0.3, 0.4) is 0 Å². The third-order valence-electron chi connectivity index (χ3n) is 5.44. The summed E-state index contributed by atoms with van der Waals surface area (Å²) in [5.41, 5.74) is 9.49. The Balaban J connectivity index is 1.71. The fourth-order valence-corrected chi connectivity index (χ4v) is 4.95. The summed E-state index contributed by atoms with van der Waals surface area (Å²) in [7, 11) is 0. The van der Waals surface area contributed by atoms with Crippen molar-refractivity contribution < 1.29 is 0 Å². The van der Waals surface area contributed by atoms with Crippen molar-refractivity contribution >= 4 is 56.1 Å². The molecule has 31 heavy (non-hydrogen) atoms. The number of benzene rings is 1. The number of hydrogen-bond donors (Lipinski definition) is 1. The number of aromatic nitrogens is 3. The van der Waals surface area contributed by atoms with E-state index in [1.165, 1.54) is 20.5 Å². The van der Waals surface area contributed by atoms with E-state index < -0.39 is 0 Å². The predicted octanol–water partition coefficient (Wildman–Crippen LogP) is 7.36. The minimum atomic E-state index is 0.942. The van der Waals surface area contributed by atoms with Gasteiger partial charge in [-0.2, -0.15) is 0 Å². The number of rotatable bonds is 1. The third kappa shape index (κ3) is 3.51. The molecule has 0 radical (unpaired) electrons. The first-order valence-corrected chi connectivity index (χ1v) is 11.1. The monoisotopic (exact) mass is 417 g/mol. The van der Waals surface area contributed by atoms with Crippen molar-refractivity contribution in [2.75, 3.05) is 0 Å². The molecule has 4 heteroatoms. The highest BCUT2D eigenvalue weighted by molar-refractivity contribution is 7.23. The minimum Gasteiger partial charge on any atom is -0.355 e. The Morgan fingerprint density at radius 2 is 1.35 bits per heavy atom. The van der Waals surface area contributed by atoms with Crippen molar-refractivity contribution in [2.24, 2.45) is 0 Å². The first kappa shape index (κ1) is 18.0. The van der Waals surface area contributed by atoms with Crippen LogP contribution in [-0.4, -0.2) is 15.0 Å². The molecule has 0 amide bonds. The maximum Gasteiger partial charge on any atom is 0.0730 e. The zero-order valence-electron chi connectivity index (χ0n) is 17.0. The first-order chi connectivity index (χ1) is 15.2. The molecular formula is C27H19N3S. The number of nitrogens with one attached hydrogen (secondary N) is 1. The second-order valence-corrected chi connectivity index (χ2v) is 8.91. The summed E-state index contributed by atoms with van der Waals surface area (Å²) < 4.78 is 2.38.